The molecule has 4 heteroatoms. The van der Waals surface area contributed by atoms with Gasteiger partial charge in [0.2, 0.25) is 0 Å². The molecule has 2 atom stereocenters. The molecule has 0 aliphatic rings. The highest BCUT2D eigenvalue weighted by atomic mass is 35.5. The molecule has 0 aromatic heterocycles. The van der Waals surface area contributed by atoms with E-state index in [1.165, 1.54) is 6.07 Å². The van der Waals surface area contributed by atoms with Crippen LogP contribution in [-0.2, 0) is 6.42 Å². The predicted octanol–water partition coefficient (Wildman–Crippen LogP) is 4.90. The smallest absolute Gasteiger partial charge is 0.159 e. The van der Waals surface area contributed by atoms with Crippen LogP contribution in [0.25, 0.3) is 0 Å². The maximum atomic E-state index is 13.3. The molecular formula is C17H18ClF2N. The second-order valence-corrected chi connectivity index (χ2v) is 5.67. The molecule has 112 valence electrons. The minimum absolute atomic E-state index is 0.0717. The number of rotatable bonds is 5. The second kappa shape index (κ2) is 7.01. The van der Waals surface area contributed by atoms with Gasteiger partial charge in [0.25, 0.3) is 0 Å². The lowest BCUT2D eigenvalue weighted by Gasteiger charge is -2.21. The minimum atomic E-state index is -0.824. The molecule has 0 aliphatic heterocycles. The van der Waals surface area contributed by atoms with Crippen molar-refractivity contribution in [2.45, 2.75) is 32.4 Å². The van der Waals surface area contributed by atoms with Crippen molar-refractivity contribution in [2.24, 2.45) is 0 Å². The summed E-state index contributed by atoms with van der Waals surface area (Å²) in [6.07, 6.45) is 0.772. The molecule has 0 heterocycles. The van der Waals surface area contributed by atoms with Crippen LogP contribution in [0.5, 0.6) is 0 Å². The van der Waals surface area contributed by atoms with Crippen molar-refractivity contribution in [3.8, 4) is 0 Å². The fourth-order valence-electron chi connectivity index (χ4n) is 2.36. The highest BCUT2D eigenvalue weighted by molar-refractivity contribution is 6.31. The third-order valence-corrected chi connectivity index (χ3v) is 3.83. The van der Waals surface area contributed by atoms with E-state index >= 15 is 0 Å². The third kappa shape index (κ3) is 4.26. The molecule has 21 heavy (non-hydrogen) atoms. The largest absolute Gasteiger partial charge is 0.307 e. The van der Waals surface area contributed by atoms with Crippen molar-refractivity contribution >= 4 is 11.6 Å². The van der Waals surface area contributed by atoms with Gasteiger partial charge in [0.15, 0.2) is 11.6 Å². The van der Waals surface area contributed by atoms with Crippen LogP contribution in [0, 0.1) is 11.6 Å². The molecule has 0 spiro atoms. The van der Waals surface area contributed by atoms with E-state index in [2.05, 4.69) is 5.32 Å². The van der Waals surface area contributed by atoms with E-state index in [9.17, 15) is 8.78 Å². The van der Waals surface area contributed by atoms with Crippen LogP contribution in [0.2, 0.25) is 5.02 Å². The highest BCUT2D eigenvalue weighted by Gasteiger charge is 2.13. The molecule has 0 aliphatic carbocycles. The van der Waals surface area contributed by atoms with Crippen LogP contribution in [0.15, 0.2) is 42.5 Å². The summed E-state index contributed by atoms with van der Waals surface area (Å²) in [4.78, 5) is 0. The number of hydrogen-bond acceptors (Lipinski definition) is 1. The van der Waals surface area contributed by atoms with Crippen LogP contribution in [-0.4, -0.2) is 6.04 Å². The number of halogens is 3. The average Bonchev–Trinajstić information content (AvgIpc) is 2.44. The maximum Gasteiger partial charge on any atom is 0.159 e. The number of nitrogens with one attached hydrogen (secondary N) is 1. The van der Waals surface area contributed by atoms with Gasteiger partial charge >= 0.3 is 0 Å². The van der Waals surface area contributed by atoms with Crippen molar-refractivity contribution in [3.63, 3.8) is 0 Å². The SMILES string of the molecule is CC(Cc1ccccc1Cl)NC(C)c1ccc(F)c(F)c1. The zero-order chi connectivity index (χ0) is 15.4. The molecule has 2 aromatic rings. The standard InChI is InChI=1S/C17H18ClF2N/c1-11(9-14-5-3-4-6-15(14)18)21-12(2)13-7-8-16(19)17(20)10-13/h3-8,10-12,21H,9H2,1-2H3. The highest BCUT2D eigenvalue weighted by Crippen LogP contribution is 2.19. The Morgan fingerprint density at radius 1 is 1.05 bits per heavy atom. The molecule has 0 saturated heterocycles. The lowest BCUT2D eigenvalue weighted by atomic mass is 10.0. The molecule has 0 saturated carbocycles. The molecule has 2 aromatic carbocycles. The third-order valence-electron chi connectivity index (χ3n) is 3.46. The fraction of sp³-hybridized carbons (Fsp3) is 0.294. The van der Waals surface area contributed by atoms with E-state index in [0.29, 0.717) is 0 Å². The number of hydrogen-bond donors (Lipinski definition) is 1. The first-order valence-corrected chi connectivity index (χ1v) is 7.29. The van der Waals surface area contributed by atoms with Crippen molar-refractivity contribution in [1.29, 1.82) is 0 Å². The van der Waals surface area contributed by atoms with Gasteiger partial charge < -0.3 is 5.32 Å². The van der Waals surface area contributed by atoms with E-state index in [1.807, 2.05) is 38.1 Å². The summed E-state index contributed by atoms with van der Waals surface area (Å²) < 4.78 is 26.2. The Bertz CT molecular complexity index is 615. The molecule has 1 N–H and O–H groups in total. The monoisotopic (exact) mass is 309 g/mol. The second-order valence-electron chi connectivity index (χ2n) is 5.26. The summed E-state index contributed by atoms with van der Waals surface area (Å²) >= 11 is 6.14. The first kappa shape index (κ1) is 15.9. The maximum absolute atomic E-state index is 13.3. The summed E-state index contributed by atoms with van der Waals surface area (Å²) in [5, 5.41) is 4.11. The van der Waals surface area contributed by atoms with Crippen molar-refractivity contribution in [2.75, 3.05) is 0 Å². The van der Waals surface area contributed by atoms with Gasteiger partial charge in [-0.25, -0.2) is 8.78 Å². The quantitative estimate of drug-likeness (QED) is 0.828. The van der Waals surface area contributed by atoms with Crippen LogP contribution < -0.4 is 5.32 Å². The van der Waals surface area contributed by atoms with Crippen molar-refractivity contribution in [1.82, 2.24) is 5.32 Å². The fourth-order valence-corrected chi connectivity index (χ4v) is 2.57. The van der Waals surface area contributed by atoms with Gasteiger partial charge in [-0.05, 0) is 49.6 Å². The average molecular weight is 310 g/mol. The minimum Gasteiger partial charge on any atom is -0.307 e. The Kier molecular flexibility index (Phi) is 5.32. The summed E-state index contributed by atoms with van der Waals surface area (Å²) in [5.41, 5.74) is 1.79. The molecule has 2 rings (SSSR count). The Morgan fingerprint density at radius 2 is 1.76 bits per heavy atom. The molecule has 1 nitrogen and oxygen atoms in total. The number of benzene rings is 2. The Hall–Kier alpha value is -1.45. The van der Waals surface area contributed by atoms with Crippen LogP contribution in [0.3, 0.4) is 0 Å². The van der Waals surface area contributed by atoms with Gasteiger partial charge in [-0.2, -0.15) is 0 Å². The normalized spacial score (nSPS) is 14.0. The van der Waals surface area contributed by atoms with Gasteiger partial charge in [0, 0.05) is 17.1 Å². The van der Waals surface area contributed by atoms with E-state index in [0.717, 1.165) is 28.6 Å². The first-order valence-electron chi connectivity index (χ1n) is 6.91. The van der Waals surface area contributed by atoms with Crippen molar-refractivity contribution in [3.05, 3.63) is 70.2 Å². The Labute approximate surface area is 128 Å². The van der Waals surface area contributed by atoms with E-state index in [-0.39, 0.29) is 12.1 Å². The van der Waals surface area contributed by atoms with Gasteiger partial charge in [-0.15, -0.1) is 0 Å². The Morgan fingerprint density at radius 3 is 2.43 bits per heavy atom. The van der Waals surface area contributed by atoms with Gasteiger partial charge in [0.05, 0.1) is 0 Å². The van der Waals surface area contributed by atoms with Crippen molar-refractivity contribution < 1.29 is 8.78 Å². The molecule has 0 bridgehead atoms. The lowest BCUT2D eigenvalue weighted by molar-refractivity contribution is 0.468. The predicted molar refractivity (Wildman–Crippen MR) is 82.5 cm³/mol. The summed E-state index contributed by atoms with van der Waals surface area (Å²) in [6.45, 7) is 3.97. The van der Waals surface area contributed by atoms with Crippen LogP contribution in [0.1, 0.15) is 31.0 Å². The molecular weight excluding hydrogens is 292 g/mol. The van der Waals surface area contributed by atoms with Gasteiger partial charge in [-0.1, -0.05) is 35.9 Å². The Balaban J connectivity index is 2.00. The van der Waals surface area contributed by atoms with Crippen LogP contribution in [0.4, 0.5) is 8.78 Å². The van der Waals surface area contributed by atoms with E-state index in [1.54, 1.807) is 6.07 Å². The summed E-state index contributed by atoms with van der Waals surface area (Å²) in [6, 6.07) is 11.8. The van der Waals surface area contributed by atoms with Gasteiger partial charge in [-0.3, -0.25) is 0 Å². The molecule has 0 fully saturated rings. The lowest BCUT2D eigenvalue weighted by Crippen LogP contribution is -2.30. The van der Waals surface area contributed by atoms with Gasteiger partial charge in [0.1, 0.15) is 0 Å². The molecule has 0 amide bonds. The zero-order valence-electron chi connectivity index (χ0n) is 12.0. The summed E-state index contributed by atoms with van der Waals surface area (Å²) in [7, 11) is 0. The zero-order valence-corrected chi connectivity index (χ0v) is 12.8. The molecule has 0 radical (unpaired) electrons. The first-order chi connectivity index (χ1) is 9.97. The van der Waals surface area contributed by atoms with E-state index < -0.39 is 11.6 Å². The topological polar surface area (TPSA) is 12.0 Å². The van der Waals surface area contributed by atoms with E-state index in [4.69, 9.17) is 11.6 Å². The molecule has 2 unspecified atom stereocenters. The summed E-state index contributed by atoms with van der Waals surface area (Å²) in [5.74, 6) is -1.64. The van der Waals surface area contributed by atoms with Crippen LogP contribution >= 0.6 is 11.6 Å².